The van der Waals surface area contributed by atoms with Crippen LogP contribution in [-0.4, -0.2) is 29.4 Å². The Bertz CT molecular complexity index is 591. The maximum Gasteiger partial charge on any atom is 0.240 e. The van der Waals surface area contributed by atoms with E-state index in [1.165, 1.54) is 21.1 Å². The summed E-state index contributed by atoms with van der Waals surface area (Å²) in [5.74, 6) is -0.0259. The molecule has 0 radical (unpaired) electrons. The zero-order valence-corrected chi connectivity index (χ0v) is 13.8. The van der Waals surface area contributed by atoms with Crippen LogP contribution >= 0.6 is 22.7 Å². The molecule has 6 heteroatoms. The number of rotatable bonds is 5. The molecule has 4 nitrogen and oxygen atoms in total. The molecule has 1 amide bonds. The second kappa shape index (κ2) is 6.47. The third kappa shape index (κ3) is 3.88. The highest BCUT2D eigenvalue weighted by Gasteiger charge is 2.16. The summed E-state index contributed by atoms with van der Waals surface area (Å²) in [6.07, 6.45) is 0. The van der Waals surface area contributed by atoms with Crippen molar-refractivity contribution in [3.8, 4) is 0 Å². The van der Waals surface area contributed by atoms with Gasteiger partial charge in [-0.2, -0.15) is 0 Å². The minimum absolute atomic E-state index is 0.0259. The quantitative estimate of drug-likeness (QED) is 0.920. The number of aryl methyl sites for hydroxylation is 2. The minimum Gasteiger partial charge on any atom is -0.301 e. The largest absolute Gasteiger partial charge is 0.301 e. The zero-order valence-electron chi connectivity index (χ0n) is 12.1. The number of likely N-dealkylation sites (N-methyl/N-ethyl adjacent to an activating group) is 1. The lowest BCUT2D eigenvalue weighted by molar-refractivity contribution is -0.117. The molecule has 0 spiro atoms. The van der Waals surface area contributed by atoms with E-state index in [4.69, 9.17) is 0 Å². The fourth-order valence-corrected chi connectivity index (χ4v) is 3.53. The second-order valence-corrected chi connectivity index (χ2v) is 7.06. The molecular formula is C14H19N3OS2. The Labute approximate surface area is 127 Å². The van der Waals surface area contributed by atoms with Gasteiger partial charge >= 0.3 is 0 Å². The number of thiazole rings is 1. The lowest BCUT2D eigenvalue weighted by Crippen LogP contribution is -2.31. The molecule has 0 saturated heterocycles. The van der Waals surface area contributed by atoms with Gasteiger partial charge in [-0.15, -0.1) is 22.7 Å². The van der Waals surface area contributed by atoms with Crippen LogP contribution in [0, 0.1) is 13.8 Å². The Morgan fingerprint density at radius 1 is 1.45 bits per heavy atom. The van der Waals surface area contributed by atoms with Crippen LogP contribution in [0.15, 0.2) is 17.5 Å². The number of thiophene rings is 1. The zero-order chi connectivity index (χ0) is 14.7. The summed E-state index contributed by atoms with van der Waals surface area (Å²) >= 11 is 3.23. The van der Waals surface area contributed by atoms with Crippen molar-refractivity contribution in [2.24, 2.45) is 0 Å². The number of nitrogens with one attached hydrogen (secondary N) is 1. The van der Waals surface area contributed by atoms with Gasteiger partial charge in [-0.05, 0) is 40.0 Å². The molecule has 108 valence electrons. The molecule has 0 aliphatic heterocycles. The molecule has 0 unspecified atom stereocenters. The molecule has 0 fully saturated rings. The average molecular weight is 309 g/mol. The number of carbonyl (C=O) groups excluding carboxylic acids is 1. The summed E-state index contributed by atoms with van der Waals surface area (Å²) in [4.78, 5) is 20.8. The van der Waals surface area contributed by atoms with Crippen molar-refractivity contribution in [2.45, 2.75) is 26.8 Å². The van der Waals surface area contributed by atoms with Crippen molar-refractivity contribution in [1.29, 1.82) is 0 Å². The van der Waals surface area contributed by atoms with E-state index >= 15 is 0 Å². The Morgan fingerprint density at radius 3 is 2.75 bits per heavy atom. The summed E-state index contributed by atoms with van der Waals surface area (Å²) in [7, 11) is 1.96. The van der Waals surface area contributed by atoms with E-state index in [0.717, 1.165) is 5.69 Å². The Morgan fingerprint density at radius 2 is 2.20 bits per heavy atom. The van der Waals surface area contributed by atoms with Crippen molar-refractivity contribution in [1.82, 2.24) is 9.88 Å². The van der Waals surface area contributed by atoms with Crippen LogP contribution < -0.4 is 5.32 Å². The van der Waals surface area contributed by atoms with E-state index in [9.17, 15) is 4.79 Å². The van der Waals surface area contributed by atoms with Crippen LogP contribution in [-0.2, 0) is 4.79 Å². The van der Waals surface area contributed by atoms with Gasteiger partial charge in [0.25, 0.3) is 0 Å². The van der Waals surface area contributed by atoms with Gasteiger partial charge < -0.3 is 5.32 Å². The van der Waals surface area contributed by atoms with Crippen molar-refractivity contribution in [2.75, 3.05) is 18.9 Å². The van der Waals surface area contributed by atoms with E-state index in [1.807, 2.05) is 24.3 Å². The molecule has 1 atom stereocenters. The summed E-state index contributed by atoms with van der Waals surface area (Å²) in [6, 6.07) is 4.48. The molecule has 0 saturated carbocycles. The molecule has 0 bridgehead atoms. The number of aromatic nitrogens is 1. The third-order valence-corrected chi connectivity index (χ3v) is 5.14. The number of carbonyl (C=O) groups is 1. The maximum absolute atomic E-state index is 12.0. The first kappa shape index (κ1) is 15.2. The van der Waals surface area contributed by atoms with Gasteiger partial charge in [0, 0.05) is 21.2 Å². The molecule has 0 aromatic carbocycles. The lowest BCUT2D eigenvalue weighted by Gasteiger charge is -2.22. The molecule has 1 N–H and O–H groups in total. The highest BCUT2D eigenvalue weighted by molar-refractivity contribution is 7.14. The summed E-state index contributed by atoms with van der Waals surface area (Å²) in [5, 5.41) is 5.43. The van der Waals surface area contributed by atoms with Crippen molar-refractivity contribution in [3.63, 3.8) is 0 Å². The first-order valence-corrected chi connectivity index (χ1v) is 8.14. The van der Waals surface area contributed by atoms with Gasteiger partial charge in [-0.25, -0.2) is 4.98 Å². The van der Waals surface area contributed by atoms with Crippen molar-refractivity contribution < 1.29 is 4.79 Å². The number of anilines is 1. The lowest BCUT2D eigenvalue weighted by atomic mass is 10.2. The van der Waals surface area contributed by atoms with E-state index in [1.54, 1.807) is 11.3 Å². The maximum atomic E-state index is 12.0. The highest BCUT2D eigenvalue weighted by atomic mass is 32.1. The van der Waals surface area contributed by atoms with Crippen molar-refractivity contribution >= 4 is 33.7 Å². The topological polar surface area (TPSA) is 45.2 Å². The predicted molar refractivity (Wildman–Crippen MR) is 85.6 cm³/mol. The van der Waals surface area contributed by atoms with E-state index in [2.05, 4.69) is 36.3 Å². The summed E-state index contributed by atoms with van der Waals surface area (Å²) in [5.41, 5.74) is 0.932. The van der Waals surface area contributed by atoms with Gasteiger partial charge in [-0.3, -0.25) is 9.69 Å². The summed E-state index contributed by atoms with van der Waals surface area (Å²) in [6.45, 7) is 6.49. The van der Waals surface area contributed by atoms with E-state index in [-0.39, 0.29) is 11.9 Å². The van der Waals surface area contributed by atoms with Crippen LogP contribution in [0.4, 0.5) is 5.13 Å². The Balaban J connectivity index is 1.90. The third-order valence-electron chi connectivity index (χ3n) is 3.09. The number of hydrogen-bond donors (Lipinski definition) is 1. The Kier molecular flexibility index (Phi) is 4.91. The van der Waals surface area contributed by atoms with Gasteiger partial charge in [0.15, 0.2) is 5.13 Å². The first-order valence-electron chi connectivity index (χ1n) is 6.44. The van der Waals surface area contributed by atoms with E-state index < -0.39 is 0 Å². The number of amides is 1. The van der Waals surface area contributed by atoms with Crippen LogP contribution in [0.5, 0.6) is 0 Å². The molecule has 20 heavy (non-hydrogen) atoms. The second-order valence-electron chi connectivity index (χ2n) is 4.88. The van der Waals surface area contributed by atoms with Crippen LogP contribution in [0.3, 0.4) is 0 Å². The minimum atomic E-state index is -0.0259. The SMILES string of the molecule is Cc1csc(NC(=O)CN(C)[C@@H](C)c2ccc(C)s2)n1. The van der Waals surface area contributed by atoms with Gasteiger partial charge in [0.2, 0.25) is 5.91 Å². The highest BCUT2D eigenvalue weighted by Crippen LogP contribution is 2.26. The smallest absolute Gasteiger partial charge is 0.240 e. The normalized spacial score (nSPS) is 12.7. The van der Waals surface area contributed by atoms with Gasteiger partial charge in [0.05, 0.1) is 12.2 Å². The number of nitrogens with zero attached hydrogens (tertiary/aromatic N) is 2. The fourth-order valence-electron chi connectivity index (χ4n) is 1.83. The molecule has 2 aromatic heterocycles. The standard InChI is InChI=1S/C14H19N3OS2/c1-9-8-19-14(15-9)16-13(18)7-17(4)11(3)12-6-5-10(2)20-12/h5-6,8,11H,7H2,1-4H3,(H,15,16,18)/t11-/m0/s1. The molecule has 0 aliphatic carbocycles. The monoisotopic (exact) mass is 309 g/mol. The van der Waals surface area contributed by atoms with Crippen molar-refractivity contribution in [3.05, 3.63) is 33.0 Å². The molecule has 2 heterocycles. The molecule has 2 aromatic rings. The fraction of sp³-hybridized carbons (Fsp3) is 0.429. The van der Waals surface area contributed by atoms with Crippen LogP contribution in [0.1, 0.15) is 28.4 Å². The molecule has 0 aliphatic rings. The average Bonchev–Trinajstić information content (AvgIpc) is 2.97. The first-order chi connectivity index (χ1) is 9.45. The molecular weight excluding hydrogens is 290 g/mol. The van der Waals surface area contributed by atoms with Gasteiger partial charge in [0.1, 0.15) is 0 Å². The van der Waals surface area contributed by atoms with Crippen LogP contribution in [0.2, 0.25) is 0 Å². The molecule has 2 rings (SSSR count). The van der Waals surface area contributed by atoms with Gasteiger partial charge in [-0.1, -0.05) is 0 Å². The summed E-state index contributed by atoms with van der Waals surface area (Å²) < 4.78 is 0. The van der Waals surface area contributed by atoms with E-state index in [0.29, 0.717) is 11.7 Å². The predicted octanol–water partition coefficient (Wildman–Crippen LogP) is 3.45. The Hall–Kier alpha value is -1.24. The van der Waals surface area contributed by atoms with Crippen LogP contribution in [0.25, 0.3) is 0 Å². The number of hydrogen-bond acceptors (Lipinski definition) is 5.